The number of nitrogens with two attached hydrogens (primary N) is 1. The van der Waals surface area contributed by atoms with Gasteiger partial charge < -0.3 is 15.8 Å². The number of rotatable bonds is 9. The van der Waals surface area contributed by atoms with Crippen molar-refractivity contribution in [2.45, 2.75) is 9.79 Å². The molecule has 2 amide bonds. The Bertz CT molecular complexity index is 825. The number of para-hydroxylation sites is 1. The van der Waals surface area contributed by atoms with Crippen LogP contribution in [-0.2, 0) is 19.1 Å². The highest BCUT2D eigenvalue weighted by Gasteiger charge is 2.09. The van der Waals surface area contributed by atoms with E-state index in [1.165, 1.54) is 29.6 Å². The van der Waals surface area contributed by atoms with Crippen molar-refractivity contribution in [2.75, 3.05) is 17.7 Å². The Morgan fingerprint density at radius 3 is 2.48 bits per heavy atom. The summed E-state index contributed by atoms with van der Waals surface area (Å²) in [7, 11) is 0. The Morgan fingerprint density at radius 2 is 1.74 bits per heavy atom. The molecule has 27 heavy (non-hydrogen) atoms. The van der Waals surface area contributed by atoms with Gasteiger partial charge in [-0.3, -0.25) is 9.59 Å². The SMILES string of the molecule is NC(=O)CSc1ccccc1NC(=O)COC(=O)/C=C/Sc1ccccc1. The summed E-state index contributed by atoms with van der Waals surface area (Å²) in [5.74, 6) is -1.43. The van der Waals surface area contributed by atoms with Crippen LogP contribution in [0.2, 0.25) is 0 Å². The minimum Gasteiger partial charge on any atom is -0.452 e. The van der Waals surface area contributed by atoms with Crippen LogP contribution in [-0.4, -0.2) is 30.1 Å². The first-order valence-corrected chi connectivity index (χ1v) is 9.76. The van der Waals surface area contributed by atoms with Crippen LogP contribution in [0, 0.1) is 0 Å². The number of carbonyl (C=O) groups excluding carboxylic acids is 3. The second-order valence-corrected chi connectivity index (χ2v) is 7.14. The second kappa shape index (κ2) is 11.1. The first-order valence-electron chi connectivity index (χ1n) is 7.89. The largest absolute Gasteiger partial charge is 0.452 e. The number of primary amides is 1. The summed E-state index contributed by atoms with van der Waals surface area (Å²) in [6, 6.07) is 16.5. The quantitative estimate of drug-likeness (QED) is 0.380. The predicted octanol–water partition coefficient (Wildman–Crippen LogP) is 3.05. The predicted molar refractivity (Wildman–Crippen MR) is 107 cm³/mol. The van der Waals surface area contributed by atoms with E-state index in [9.17, 15) is 14.4 Å². The molecule has 140 valence electrons. The van der Waals surface area contributed by atoms with E-state index in [1.807, 2.05) is 30.3 Å². The molecule has 6 nitrogen and oxygen atoms in total. The highest BCUT2D eigenvalue weighted by atomic mass is 32.2. The van der Waals surface area contributed by atoms with Crippen molar-refractivity contribution in [3.05, 3.63) is 66.1 Å². The minimum absolute atomic E-state index is 0.103. The third kappa shape index (κ3) is 8.02. The molecule has 0 aromatic heterocycles. The molecule has 0 aliphatic rings. The average Bonchev–Trinajstić information content (AvgIpc) is 2.66. The van der Waals surface area contributed by atoms with Gasteiger partial charge in [0.2, 0.25) is 5.91 Å². The van der Waals surface area contributed by atoms with E-state index in [2.05, 4.69) is 5.32 Å². The first-order chi connectivity index (χ1) is 13.0. The molecule has 0 saturated carbocycles. The lowest BCUT2D eigenvalue weighted by Gasteiger charge is -2.10. The van der Waals surface area contributed by atoms with Gasteiger partial charge in [0.15, 0.2) is 6.61 Å². The van der Waals surface area contributed by atoms with E-state index in [1.54, 1.807) is 29.7 Å². The van der Waals surface area contributed by atoms with Gasteiger partial charge in [0, 0.05) is 15.9 Å². The molecule has 0 bridgehead atoms. The number of anilines is 1. The minimum atomic E-state index is -0.607. The maximum atomic E-state index is 12.0. The third-order valence-electron chi connectivity index (χ3n) is 3.03. The zero-order valence-corrected chi connectivity index (χ0v) is 15.9. The van der Waals surface area contributed by atoms with Crippen molar-refractivity contribution in [1.29, 1.82) is 0 Å². The van der Waals surface area contributed by atoms with Crippen LogP contribution in [0.3, 0.4) is 0 Å². The van der Waals surface area contributed by atoms with Gasteiger partial charge in [0.25, 0.3) is 5.91 Å². The summed E-state index contributed by atoms with van der Waals surface area (Å²) in [5, 5.41) is 4.26. The van der Waals surface area contributed by atoms with Crippen molar-refractivity contribution >= 4 is 47.0 Å². The Kier molecular flexibility index (Phi) is 8.47. The molecule has 2 rings (SSSR count). The fourth-order valence-corrected chi connectivity index (χ4v) is 3.28. The Morgan fingerprint density at radius 1 is 1.04 bits per heavy atom. The van der Waals surface area contributed by atoms with Gasteiger partial charge in [0.1, 0.15) is 0 Å². The fraction of sp³-hybridized carbons (Fsp3) is 0.105. The topological polar surface area (TPSA) is 98.5 Å². The lowest BCUT2D eigenvalue weighted by atomic mass is 10.3. The highest BCUT2D eigenvalue weighted by Crippen LogP contribution is 2.26. The first kappa shape index (κ1) is 20.6. The number of hydrogen-bond acceptors (Lipinski definition) is 6. The fourth-order valence-electron chi connectivity index (χ4n) is 1.88. The van der Waals surface area contributed by atoms with Crippen LogP contribution >= 0.6 is 23.5 Å². The van der Waals surface area contributed by atoms with Crippen LogP contribution in [0.4, 0.5) is 5.69 Å². The van der Waals surface area contributed by atoms with Gasteiger partial charge in [-0.2, -0.15) is 0 Å². The van der Waals surface area contributed by atoms with Crippen LogP contribution in [0.15, 0.2) is 75.9 Å². The standard InChI is InChI=1S/C19H18N2O4S2/c20-17(22)13-27-16-9-5-4-8-15(16)21-18(23)12-25-19(24)10-11-26-14-6-2-1-3-7-14/h1-11H,12-13H2,(H2,20,22)(H,21,23)/b11-10+. The monoisotopic (exact) mass is 402 g/mol. The van der Waals surface area contributed by atoms with Crippen molar-refractivity contribution < 1.29 is 19.1 Å². The van der Waals surface area contributed by atoms with Crippen molar-refractivity contribution in [3.8, 4) is 0 Å². The van der Waals surface area contributed by atoms with Crippen LogP contribution in [0.5, 0.6) is 0 Å². The second-order valence-electron chi connectivity index (χ2n) is 5.14. The Labute approximate surface area is 165 Å². The molecule has 0 unspecified atom stereocenters. The molecule has 2 aromatic carbocycles. The number of hydrogen-bond donors (Lipinski definition) is 2. The average molecular weight is 402 g/mol. The molecule has 0 aliphatic heterocycles. The van der Waals surface area contributed by atoms with Gasteiger partial charge in [-0.15, -0.1) is 11.8 Å². The molecule has 0 radical (unpaired) electrons. The van der Waals surface area contributed by atoms with E-state index in [4.69, 9.17) is 10.5 Å². The molecule has 0 heterocycles. The van der Waals surface area contributed by atoms with Crippen LogP contribution in [0.25, 0.3) is 0 Å². The molecule has 0 fully saturated rings. The van der Waals surface area contributed by atoms with Gasteiger partial charge in [-0.1, -0.05) is 42.1 Å². The van der Waals surface area contributed by atoms with E-state index in [0.29, 0.717) is 10.6 Å². The number of amides is 2. The summed E-state index contributed by atoms with van der Waals surface area (Å²) in [6.45, 7) is -0.409. The number of ether oxygens (including phenoxy) is 1. The number of esters is 1. The molecule has 2 aromatic rings. The Balaban J connectivity index is 1.79. The Hall–Kier alpha value is -2.71. The van der Waals surface area contributed by atoms with Crippen molar-refractivity contribution in [1.82, 2.24) is 0 Å². The van der Waals surface area contributed by atoms with Crippen LogP contribution < -0.4 is 11.1 Å². The van der Waals surface area contributed by atoms with Crippen molar-refractivity contribution in [3.63, 3.8) is 0 Å². The molecule has 0 aliphatic carbocycles. The van der Waals surface area contributed by atoms with E-state index < -0.39 is 24.4 Å². The van der Waals surface area contributed by atoms with Gasteiger partial charge in [0.05, 0.1) is 11.4 Å². The van der Waals surface area contributed by atoms with Gasteiger partial charge >= 0.3 is 5.97 Å². The molecule has 0 saturated heterocycles. The summed E-state index contributed by atoms with van der Waals surface area (Å²) in [4.78, 5) is 36.3. The molecular formula is C19H18N2O4S2. The third-order valence-corrected chi connectivity index (χ3v) is 4.94. The van der Waals surface area contributed by atoms with Gasteiger partial charge in [-0.05, 0) is 29.7 Å². The number of nitrogens with one attached hydrogen (secondary N) is 1. The van der Waals surface area contributed by atoms with E-state index >= 15 is 0 Å². The molecule has 3 N–H and O–H groups in total. The zero-order chi connectivity index (χ0) is 19.5. The highest BCUT2D eigenvalue weighted by molar-refractivity contribution is 8.02. The summed E-state index contributed by atoms with van der Waals surface area (Å²) < 4.78 is 4.92. The van der Waals surface area contributed by atoms with Crippen LogP contribution in [0.1, 0.15) is 0 Å². The number of thioether (sulfide) groups is 2. The maximum absolute atomic E-state index is 12.0. The maximum Gasteiger partial charge on any atom is 0.331 e. The molecular weight excluding hydrogens is 384 g/mol. The molecule has 8 heteroatoms. The molecule has 0 atom stereocenters. The van der Waals surface area contributed by atoms with E-state index in [-0.39, 0.29) is 5.75 Å². The van der Waals surface area contributed by atoms with Crippen molar-refractivity contribution in [2.24, 2.45) is 5.73 Å². The number of carbonyl (C=O) groups is 3. The van der Waals surface area contributed by atoms with E-state index in [0.717, 1.165) is 4.90 Å². The zero-order valence-electron chi connectivity index (χ0n) is 14.3. The molecule has 0 spiro atoms. The summed E-state index contributed by atoms with van der Waals surface area (Å²) in [5.41, 5.74) is 5.66. The smallest absolute Gasteiger partial charge is 0.331 e. The normalized spacial score (nSPS) is 10.5. The lowest BCUT2D eigenvalue weighted by Crippen LogP contribution is -2.20. The lowest BCUT2D eigenvalue weighted by molar-refractivity contribution is -0.142. The van der Waals surface area contributed by atoms with Gasteiger partial charge in [-0.25, -0.2) is 4.79 Å². The summed E-state index contributed by atoms with van der Waals surface area (Å²) >= 11 is 2.59. The number of benzene rings is 2. The summed E-state index contributed by atoms with van der Waals surface area (Å²) in [6.07, 6.45) is 1.27.